The molecule has 162 valence electrons. The van der Waals surface area contributed by atoms with E-state index in [1.54, 1.807) is 17.2 Å². The molecule has 2 fully saturated rings. The highest BCUT2D eigenvalue weighted by molar-refractivity contribution is 5.77. The summed E-state index contributed by atoms with van der Waals surface area (Å²) >= 11 is 0. The number of carbonyl (C=O) groups excluding carboxylic acids is 1. The van der Waals surface area contributed by atoms with E-state index in [-0.39, 0.29) is 35.7 Å². The molecule has 0 aliphatic carbocycles. The van der Waals surface area contributed by atoms with Crippen molar-refractivity contribution in [3.05, 3.63) is 47.9 Å². The molecular formula is C22H23F2N5O2. The van der Waals surface area contributed by atoms with Gasteiger partial charge in [-0.3, -0.25) is 9.78 Å². The molecule has 2 aromatic heterocycles. The minimum absolute atomic E-state index is 0.0639. The molecular weight excluding hydrogens is 404 g/mol. The number of amides is 1. The number of hydrogen-bond acceptors (Lipinski definition) is 6. The van der Waals surface area contributed by atoms with Gasteiger partial charge in [-0.25, -0.2) is 13.8 Å². The van der Waals surface area contributed by atoms with Crippen molar-refractivity contribution >= 4 is 11.7 Å². The molecule has 9 heteroatoms. The van der Waals surface area contributed by atoms with Crippen molar-refractivity contribution in [3.63, 3.8) is 0 Å². The Morgan fingerprint density at radius 1 is 1.26 bits per heavy atom. The van der Waals surface area contributed by atoms with Gasteiger partial charge in [0, 0.05) is 56.6 Å². The number of piperazine rings is 1. The van der Waals surface area contributed by atoms with Gasteiger partial charge in [-0.05, 0) is 31.0 Å². The molecule has 0 N–H and O–H groups in total. The first kappa shape index (κ1) is 21.0. The van der Waals surface area contributed by atoms with Crippen LogP contribution < -0.4 is 9.64 Å². The Kier molecular flexibility index (Phi) is 5.72. The second kappa shape index (κ2) is 8.46. The normalized spacial score (nSPS) is 20.5. The predicted molar refractivity (Wildman–Crippen MR) is 109 cm³/mol. The summed E-state index contributed by atoms with van der Waals surface area (Å²) < 4.78 is 34.4. The lowest BCUT2D eigenvalue weighted by molar-refractivity contribution is -0.134. The molecule has 1 amide bonds. The molecule has 2 saturated heterocycles. The van der Waals surface area contributed by atoms with Crippen LogP contribution in [0.5, 0.6) is 5.75 Å². The fourth-order valence-electron chi connectivity index (χ4n) is 4.48. The summed E-state index contributed by atoms with van der Waals surface area (Å²) in [6.45, 7) is 0.970. The van der Waals surface area contributed by atoms with Gasteiger partial charge in [-0.15, -0.1) is 0 Å². The molecule has 0 spiro atoms. The molecule has 0 aromatic carbocycles. The van der Waals surface area contributed by atoms with Crippen molar-refractivity contribution in [2.45, 2.75) is 43.7 Å². The molecule has 2 atom stereocenters. The number of likely N-dealkylation sites (tertiary alicyclic amines) is 1. The van der Waals surface area contributed by atoms with Crippen molar-refractivity contribution in [2.24, 2.45) is 0 Å². The topological polar surface area (TPSA) is 82.4 Å². The molecule has 0 saturated carbocycles. The lowest BCUT2D eigenvalue weighted by atomic mass is 10.0. The summed E-state index contributed by atoms with van der Waals surface area (Å²) in [5.41, 5.74) is 0.193. The maximum Gasteiger partial charge on any atom is 0.278 e. The number of rotatable bonds is 6. The maximum absolute atomic E-state index is 14.7. The Labute approximate surface area is 179 Å². The third-order valence-corrected chi connectivity index (χ3v) is 6.02. The Morgan fingerprint density at radius 2 is 2.00 bits per heavy atom. The highest BCUT2D eigenvalue weighted by Crippen LogP contribution is 2.39. The molecule has 2 unspecified atom stereocenters. The molecule has 31 heavy (non-hydrogen) atoms. The van der Waals surface area contributed by atoms with Gasteiger partial charge in [0.2, 0.25) is 5.91 Å². The van der Waals surface area contributed by atoms with Gasteiger partial charge in [0.1, 0.15) is 17.6 Å². The Morgan fingerprint density at radius 3 is 2.61 bits per heavy atom. The lowest BCUT2D eigenvalue weighted by Gasteiger charge is -2.42. The van der Waals surface area contributed by atoms with E-state index < -0.39 is 12.3 Å². The van der Waals surface area contributed by atoms with E-state index in [2.05, 4.69) is 20.9 Å². The summed E-state index contributed by atoms with van der Waals surface area (Å²) in [5, 5.41) is 8.95. The number of aromatic nitrogens is 2. The summed E-state index contributed by atoms with van der Waals surface area (Å²) in [6, 6.07) is 7.19. The van der Waals surface area contributed by atoms with Gasteiger partial charge in [0.15, 0.2) is 0 Å². The van der Waals surface area contributed by atoms with Gasteiger partial charge in [-0.1, -0.05) is 0 Å². The van der Waals surface area contributed by atoms with Crippen LogP contribution in [0, 0.1) is 11.3 Å². The van der Waals surface area contributed by atoms with Gasteiger partial charge in [-0.2, -0.15) is 5.26 Å². The van der Waals surface area contributed by atoms with Crippen LogP contribution in [0.25, 0.3) is 0 Å². The smallest absolute Gasteiger partial charge is 0.278 e. The molecule has 4 rings (SSSR count). The predicted octanol–water partition coefficient (Wildman–Crippen LogP) is 3.11. The number of halogens is 2. The van der Waals surface area contributed by atoms with Crippen molar-refractivity contribution in [2.75, 3.05) is 25.1 Å². The second-order valence-electron chi connectivity index (χ2n) is 7.89. The number of anilines is 1. The molecule has 2 aliphatic heterocycles. The Balaban J connectivity index is 1.39. The van der Waals surface area contributed by atoms with Crippen molar-refractivity contribution in [1.29, 1.82) is 5.26 Å². The van der Waals surface area contributed by atoms with E-state index >= 15 is 0 Å². The third kappa shape index (κ3) is 4.15. The van der Waals surface area contributed by atoms with Crippen LogP contribution in [0.15, 0.2) is 36.8 Å². The SMILES string of the molecule is COc1ccncc1C(F)(F)CCC(=O)N1CC2CCC(C1)N2c1ccc(C#N)cn1. The van der Waals surface area contributed by atoms with Crippen LogP contribution in [-0.2, 0) is 10.7 Å². The van der Waals surface area contributed by atoms with Crippen molar-refractivity contribution < 1.29 is 18.3 Å². The second-order valence-corrected chi connectivity index (χ2v) is 7.89. The highest BCUT2D eigenvalue weighted by atomic mass is 19.3. The molecule has 2 aromatic rings. The number of nitriles is 1. The zero-order valence-electron chi connectivity index (χ0n) is 17.2. The van der Waals surface area contributed by atoms with Gasteiger partial charge in [0.25, 0.3) is 5.92 Å². The average molecular weight is 427 g/mol. The van der Waals surface area contributed by atoms with Crippen LogP contribution in [-0.4, -0.2) is 53.1 Å². The molecule has 7 nitrogen and oxygen atoms in total. The lowest BCUT2D eigenvalue weighted by Crippen LogP contribution is -2.55. The monoisotopic (exact) mass is 427 g/mol. The zero-order valence-corrected chi connectivity index (χ0v) is 17.2. The number of pyridine rings is 2. The van der Waals surface area contributed by atoms with Crippen LogP contribution in [0.4, 0.5) is 14.6 Å². The first-order chi connectivity index (χ1) is 14.9. The molecule has 4 heterocycles. The Bertz CT molecular complexity index is 978. The number of methoxy groups -OCH3 is 1. The number of nitrogens with zero attached hydrogens (tertiary/aromatic N) is 5. The number of ether oxygens (including phenoxy) is 1. The number of alkyl halides is 2. The van der Waals surface area contributed by atoms with Gasteiger partial charge < -0.3 is 14.5 Å². The standard InChI is InChI=1S/C22H23F2N5O2/c1-31-19-7-9-26-12-18(19)22(23,24)8-6-21(30)28-13-16-3-4-17(14-28)29(16)20-5-2-15(10-25)11-27-20/h2,5,7,9,11-12,16-17H,3-4,6,8,13-14H2,1H3. The van der Waals surface area contributed by atoms with Crippen molar-refractivity contribution in [1.82, 2.24) is 14.9 Å². The molecule has 2 bridgehead atoms. The number of carbonyl (C=O) groups is 1. The zero-order chi connectivity index (χ0) is 22.0. The minimum atomic E-state index is -3.21. The van der Waals surface area contributed by atoms with E-state index in [4.69, 9.17) is 10.00 Å². The summed E-state index contributed by atoms with van der Waals surface area (Å²) in [5.74, 6) is -2.63. The van der Waals surface area contributed by atoms with E-state index in [1.807, 2.05) is 6.07 Å². The van der Waals surface area contributed by atoms with E-state index in [0.29, 0.717) is 18.7 Å². The van der Waals surface area contributed by atoms with E-state index in [1.165, 1.54) is 19.4 Å². The van der Waals surface area contributed by atoms with Crippen LogP contribution in [0.2, 0.25) is 0 Å². The fourth-order valence-corrected chi connectivity index (χ4v) is 4.48. The first-order valence-corrected chi connectivity index (χ1v) is 10.2. The largest absolute Gasteiger partial charge is 0.496 e. The van der Waals surface area contributed by atoms with Crippen LogP contribution >= 0.6 is 0 Å². The summed E-state index contributed by atoms with van der Waals surface area (Å²) in [6.07, 6.45) is 5.01. The average Bonchev–Trinajstić information content (AvgIpc) is 3.06. The minimum Gasteiger partial charge on any atom is -0.496 e. The summed E-state index contributed by atoms with van der Waals surface area (Å²) in [7, 11) is 1.33. The number of hydrogen-bond donors (Lipinski definition) is 0. The van der Waals surface area contributed by atoms with E-state index in [0.717, 1.165) is 24.9 Å². The van der Waals surface area contributed by atoms with Crippen LogP contribution in [0.3, 0.4) is 0 Å². The van der Waals surface area contributed by atoms with Gasteiger partial charge >= 0.3 is 0 Å². The van der Waals surface area contributed by atoms with Crippen molar-refractivity contribution in [3.8, 4) is 11.8 Å². The Hall–Kier alpha value is -3.28. The van der Waals surface area contributed by atoms with Gasteiger partial charge in [0.05, 0.1) is 18.2 Å². The first-order valence-electron chi connectivity index (χ1n) is 10.2. The van der Waals surface area contributed by atoms with E-state index in [9.17, 15) is 13.6 Å². The quantitative estimate of drug-likeness (QED) is 0.705. The highest BCUT2D eigenvalue weighted by Gasteiger charge is 2.43. The summed E-state index contributed by atoms with van der Waals surface area (Å²) in [4.78, 5) is 24.8. The number of fused-ring (bicyclic) bond motifs is 2. The molecule has 2 aliphatic rings. The van der Waals surface area contributed by atoms with Crippen LogP contribution in [0.1, 0.15) is 36.8 Å². The fraction of sp³-hybridized carbons (Fsp3) is 0.455. The molecule has 0 radical (unpaired) electrons. The maximum atomic E-state index is 14.7. The third-order valence-electron chi connectivity index (χ3n) is 6.02.